The van der Waals surface area contributed by atoms with Gasteiger partial charge in [0.1, 0.15) is 0 Å². The third-order valence-corrected chi connectivity index (χ3v) is 5.81. The van der Waals surface area contributed by atoms with E-state index in [9.17, 15) is 21.6 Å². The number of amides is 1. The molecule has 22 heavy (non-hydrogen) atoms. The fourth-order valence-corrected chi connectivity index (χ4v) is 4.38. The first-order valence-corrected chi connectivity index (χ1v) is 9.89. The van der Waals surface area contributed by atoms with Crippen LogP contribution in [-0.2, 0) is 24.7 Å². The quantitative estimate of drug-likeness (QED) is 0.733. The molecule has 1 aliphatic rings. The van der Waals surface area contributed by atoms with Gasteiger partial charge in [-0.2, -0.15) is 0 Å². The molecule has 1 aromatic rings. The minimum Gasteiger partial charge on any atom is -0.277 e. The smallest absolute Gasteiger partial charge is 0.250 e. The number of sulfone groups is 1. The number of hydrazine groups is 1. The van der Waals surface area contributed by atoms with E-state index in [1.54, 1.807) is 30.3 Å². The predicted molar refractivity (Wildman–Crippen MR) is 82.4 cm³/mol. The Morgan fingerprint density at radius 1 is 1.23 bits per heavy atom. The van der Waals surface area contributed by atoms with Gasteiger partial charge in [0.2, 0.25) is 5.91 Å². The molecule has 2 N–H and O–H groups in total. The van der Waals surface area contributed by atoms with Crippen molar-refractivity contribution in [1.82, 2.24) is 10.3 Å². The lowest BCUT2D eigenvalue weighted by Gasteiger charge is -2.09. The molecule has 1 aliphatic heterocycles. The van der Waals surface area contributed by atoms with Gasteiger partial charge in [0.05, 0.1) is 17.4 Å². The van der Waals surface area contributed by atoms with Gasteiger partial charge in [-0.25, -0.2) is 16.8 Å². The molecule has 1 heterocycles. The van der Waals surface area contributed by atoms with Crippen molar-refractivity contribution < 1.29 is 21.6 Å². The van der Waals surface area contributed by atoms with Crippen LogP contribution >= 0.6 is 0 Å². The number of sulfonamides is 1. The number of nitrogens with one attached hydrogen (secondary N) is 2. The number of rotatable bonds is 5. The van der Waals surface area contributed by atoms with Gasteiger partial charge in [0.15, 0.2) is 9.84 Å². The van der Waals surface area contributed by atoms with E-state index in [2.05, 4.69) is 0 Å². The van der Waals surface area contributed by atoms with E-state index in [4.69, 9.17) is 0 Å². The molecule has 0 unspecified atom stereocenters. The molecule has 7 nitrogen and oxygen atoms in total. The van der Waals surface area contributed by atoms with Gasteiger partial charge >= 0.3 is 0 Å². The van der Waals surface area contributed by atoms with Crippen LogP contribution in [-0.4, -0.2) is 34.2 Å². The number of carbonyl (C=O) groups is 1. The Labute approximate surface area is 129 Å². The zero-order chi connectivity index (χ0) is 16.2. The Morgan fingerprint density at radius 2 is 1.91 bits per heavy atom. The summed E-state index contributed by atoms with van der Waals surface area (Å²) in [5, 5.41) is 0.925. The summed E-state index contributed by atoms with van der Waals surface area (Å²) in [4.78, 5) is 13.7. The second kappa shape index (κ2) is 6.59. The molecule has 1 fully saturated rings. The first-order valence-electron chi connectivity index (χ1n) is 6.53. The van der Waals surface area contributed by atoms with Crippen LogP contribution in [0.3, 0.4) is 0 Å². The van der Waals surface area contributed by atoms with Crippen LogP contribution in [0.1, 0.15) is 12.0 Å². The van der Waals surface area contributed by atoms with E-state index in [0.29, 0.717) is 5.56 Å². The van der Waals surface area contributed by atoms with E-state index in [0.717, 1.165) is 5.41 Å². The molecule has 120 valence electrons. The highest BCUT2D eigenvalue weighted by atomic mass is 32.2. The van der Waals surface area contributed by atoms with Gasteiger partial charge < -0.3 is 0 Å². The van der Waals surface area contributed by atoms with Gasteiger partial charge in [-0.05, 0) is 18.1 Å². The maximum atomic E-state index is 11.7. The summed E-state index contributed by atoms with van der Waals surface area (Å²) in [6.07, 6.45) is 1.59. The van der Waals surface area contributed by atoms with Crippen LogP contribution in [0.4, 0.5) is 0 Å². The standard InChI is InChI=1S/C13H16N2O5S2/c16-13(12-7-8-21(17,18)10-12)14-15-22(19,20)9-6-11-4-2-1-3-5-11/h1-6,9,12,15H,7-8,10H2,(H,14,16)/b9-6+/t12-/m1/s1. The third-order valence-electron chi connectivity index (χ3n) is 3.16. The van der Waals surface area contributed by atoms with Crippen molar-refractivity contribution in [1.29, 1.82) is 0 Å². The largest absolute Gasteiger partial charge is 0.277 e. The fourth-order valence-electron chi connectivity index (χ4n) is 1.99. The predicted octanol–water partition coefficient (Wildman–Crippen LogP) is 0.0426. The van der Waals surface area contributed by atoms with Crippen molar-refractivity contribution in [2.45, 2.75) is 6.42 Å². The van der Waals surface area contributed by atoms with Crippen molar-refractivity contribution in [2.24, 2.45) is 5.92 Å². The number of benzene rings is 1. The van der Waals surface area contributed by atoms with E-state index in [1.165, 1.54) is 6.08 Å². The summed E-state index contributed by atoms with van der Waals surface area (Å²) >= 11 is 0. The molecule has 1 aromatic carbocycles. The Bertz CT molecular complexity index is 770. The molecular formula is C13H16N2O5S2. The van der Waals surface area contributed by atoms with Crippen molar-refractivity contribution in [2.75, 3.05) is 11.5 Å². The second-order valence-corrected chi connectivity index (χ2v) is 8.74. The van der Waals surface area contributed by atoms with E-state index >= 15 is 0 Å². The molecule has 0 saturated carbocycles. The lowest BCUT2D eigenvalue weighted by Crippen LogP contribution is -2.44. The van der Waals surface area contributed by atoms with Gasteiger partial charge in [-0.1, -0.05) is 30.3 Å². The highest BCUT2D eigenvalue weighted by Crippen LogP contribution is 2.18. The van der Waals surface area contributed by atoms with Crippen LogP contribution in [0.25, 0.3) is 6.08 Å². The van der Waals surface area contributed by atoms with Crippen LogP contribution in [0.5, 0.6) is 0 Å². The second-order valence-electron chi connectivity index (χ2n) is 4.95. The SMILES string of the molecule is O=C(NNS(=O)(=O)/C=C/c1ccccc1)[C@@H]1CCS(=O)(=O)C1. The number of hydrogen-bond donors (Lipinski definition) is 2. The number of hydrogen-bond acceptors (Lipinski definition) is 5. The Balaban J connectivity index is 1.90. The zero-order valence-electron chi connectivity index (χ0n) is 11.6. The molecule has 0 spiro atoms. The van der Waals surface area contributed by atoms with Gasteiger partial charge in [0, 0.05) is 5.41 Å². The molecule has 1 saturated heterocycles. The minimum absolute atomic E-state index is 0.0499. The average molecular weight is 344 g/mol. The van der Waals surface area contributed by atoms with Crippen LogP contribution in [0.2, 0.25) is 0 Å². The summed E-state index contributed by atoms with van der Waals surface area (Å²) in [7, 11) is -7.04. The molecular weight excluding hydrogens is 328 g/mol. The highest BCUT2D eigenvalue weighted by Gasteiger charge is 2.33. The summed E-state index contributed by atoms with van der Waals surface area (Å²) in [5.74, 6) is -1.66. The van der Waals surface area contributed by atoms with E-state index in [1.807, 2.05) is 10.3 Å². The van der Waals surface area contributed by atoms with Crippen molar-refractivity contribution in [3.05, 3.63) is 41.3 Å². The summed E-state index contributed by atoms with van der Waals surface area (Å²) < 4.78 is 46.0. The fraction of sp³-hybridized carbons (Fsp3) is 0.308. The molecule has 1 atom stereocenters. The number of carbonyl (C=O) groups excluding carboxylic acids is 1. The van der Waals surface area contributed by atoms with Crippen LogP contribution < -0.4 is 10.3 Å². The zero-order valence-corrected chi connectivity index (χ0v) is 13.2. The van der Waals surface area contributed by atoms with Gasteiger partial charge in [-0.3, -0.25) is 10.2 Å². The van der Waals surface area contributed by atoms with Crippen LogP contribution in [0, 0.1) is 5.92 Å². The molecule has 0 radical (unpaired) electrons. The average Bonchev–Trinajstić information content (AvgIpc) is 2.84. The summed E-state index contributed by atoms with van der Waals surface area (Å²) in [5.41, 5.74) is 2.74. The maximum absolute atomic E-state index is 11.7. The van der Waals surface area contributed by atoms with Crippen molar-refractivity contribution in [3.63, 3.8) is 0 Å². The molecule has 0 aromatic heterocycles. The first-order chi connectivity index (χ1) is 10.3. The lowest BCUT2D eigenvalue weighted by atomic mass is 10.1. The van der Waals surface area contributed by atoms with Crippen molar-refractivity contribution >= 4 is 31.8 Å². The highest BCUT2D eigenvalue weighted by molar-refractivity contribution is 7.92. The van der Waals surface area contributed by atoms with Gasteiger partial charge in [0.25, 0.3) is 10.0 Å². The summed E-state index contributed by atoms with van der Waals surface area (Å²) in [6, 6.07) is 8.80. The topological polar surface area (TPSA) is 109 Å². The molecule has 1 amide bonds. The first kappa shape index (κ1) is 16.7. The Kier molecular flexibility index (Phi) is 4.99. The Morgan fingerprint density at radius 3 is 2.50 bits per heavy atom. The summed E-state index contributed by atoms with van der Waals surface area (Å²) in [6.45, 7) is 0. The van der Waals surface area contributed by atoms with E-state index in [-0.39, 0.29) is 17.9 Å². The van der Waals surface area contributed by atoms with Gasteiger partial charge in [-0.15, -0.1) is 4.83 Å². The van der Waals surface area contributed by atoms with E-state index < -0.39 is 31.7 Å². The third kappa shape index (κ3) is 4.93. The van der Waals surface area contributed by atoms with Crippen LogP contribution in [0.15, 0.2) is 35.7 Å². The maximum Gasteiger partial charge on any atom is 0.250 e. The lowest BCUT2D eigenvalue weighted by molar-refractivity contribution is -0.124. The normalized spacial score (nSPS) is 21.0. The molecule has 2 rings (SSSR count). The Hall–Kier alpha value is -1.71. The monoisotopic (exact) mass is 344 g/mol. The minimum atomic E-state index is -3.85. The molecule has 0 aliphatic carbocycles. The molecule has 0 bridgehead atoms. The molecule has 9 heteroatoms. The van der Waals surface area contributed by atoms with Crippen molar-refractivity contribution in [3.8, 4) is 0 Å².